The number of carbonyl (C=O) groups excluding carboxylic acids is 1. The predicted molar refractivity (Wildman–Crippen MR) is 93.5 cm³/mol. The van der Waals surface area contributed by atoms with Crippen molar-refractivity contribution in [2.45, 2.75) is 5.03 Å². The normalized spacial score (nSPS) is 11.3. The third-order valence-electron chi connectivity index (χ3n) is 3.54. The lowest BCUT2D eigenvalue weighted by Gasteiger charge is -2.06. The van der Waals surface area contributed by atoms with Crippen molar-refractivity contribution < 1.29 is 13.6 Å². The van der Waals surface area contributed by atoms with Gasteiger partial charge >= 0.3 is 0 Å². The molecule has 1 amide bonds. The zero-order chi connectivity index (χ0) is 17.4. The monoisotopic (exact) mass is 376 g/mol. The summed E-state index contributed by atoms with van der Waals surface area (Å²) in [7, 11) is 0. The predicted octanol–water partition coefficient (Wildman–Crippen LogP) is 4.00. The maximum absolute atomic E-state index is 13.1. The van der Waals surface area contributed by atoms with Crippen molar-refractivity contribution in [1.82, 2.24) is 14.6 Å². The van der Waals surface area contributed by atoms with Crippen molar-refractivity contribution in [1.29, 1.82) is 0 Å². The molecule has 0 radical (unpaired) electrons. The first-order valence-corrected chi connectivity index (χ1v) is 8.56. The summed E-state index contributed by atoms with van der Waals surface area (Å²) in [4.78, 5) is 12.1. The first-order chi connectivity index (χ1) is 12.1. The second-order valence-corrected chi connectivity index (χ2v) is 6.54. The highest BCUT2D eigenvalue weighted by atomic mass is 35.5. The third-order valence-corrected chi connectivity index (χ3v) is 4.80. The van der Waals surface area contributed by atoms with Gasteiger partial charge in [0.1, 0.15) is 17.2 Å². The summed E-state index contributed by atoms with van der Waals surface area (Å²) in [6.45, 7) is 0. The zero-order valence-electron chi connectivity index (χ0n) is 12.6. The Bertz CT molecular complexity index is 1090. The number of anilines is 1. The van der Waals surface area contributed by atoms with Crippen LogP contribution in [0.5, 0.6) is 0 Å². The van der Waals surface area contributed by atoms with E-state index >= 15 is 0 Å². The van der Waals surface area contributed by atoms with Gasteiger partial charge < -0.3 is 9.73 Å². The summed E-state index contributed by atoms with van der Waals surface area (Å²) in [5, 5.41) is 11.3. The Morgan fingerprint density at radius 3 is 3.04 bits per heavy atom. The van der Waals surface area contributed by atoms with Crippen molar-refractivity contribution in [3.8, 4) is 0 Å². The van der Waals surface area contributed by atoms with Crippen molar-refractivity contribution in [3.05, 3.63) is 53.8 Å². The number of nitrogens with zero attached hydrogens (tertiary/aromatic N) is 3. The summed E-state index contributed by atoms with van der Waals surface area (Å²) in [5.41, 5.74) is 2.85. The van der Waals surface area contributed by atoms with Gasteiger partial charge in [0.15, 0.2) is 5.58 Å². The molecule has 9 heteroatoms. The second-order valence-electron chi connectivity index (χ2n) is 5.17. The van der Waals surface area contributed by atoms with E-state index in [-0.39, 0.29) is 16.7 Å². The highest BCUT2D eigenvalue weighted by Gasteiger charge is 2.13. The second kappa shape index (κ2) is 6.38. The van der Waals surface area contributed by atoms with E-state index in [0.717, 1.165) is 16.6 Å². The molecule has 3 heterocycles. The molecule has 1 aromatic carbocycles. The van der Waals surface area contributed by atoms with Gasteiger partial charge in [0.05, 0.1) is 28.1 Å². The van der Waals surface area contributed by atoms with E-state index in [9.17, 15) is 9.18 Å². The number of nitrogens with one attached hydrogen (secondary N) is 1. The summed E-state index contributed by atoms with van der Waals surface area (Å²) in [6, 6.07) is 7.70. The van der Waals surface area contributed by atoms with Gasteiger partial charge in [0.2, 0.25) is 5.91 Å². The van der Waals surface area contributed by atoms with Crippen molar-refractivity contribution in [3.63, 3.8) is 0 Å². The average Bonchev–Trinajstić information content (AvgIpc) is 3.18. The SMILES string of the molecule is O=C(CSc1nncn2c1cc1occc12)Nc1ccc(F)c(Cl)c1. The highest BCUT2D eigenvalue weighted by Crippen LogP contribution is 2.27. The quantitative estimate of drug-likeness (QED) is 0.545. The van der Waals surface area contributed by atoms with Crippen LogP contribution in [0.25, 0.3) is 16.6 Å². The van der Waals surface area contributed by atoms with Crippen LogP contribution in [-0.2, 0) is 4.79 Å². The van der Waals surface area contributed by atoms with E-state index in [4.69, 9.17) is 16.0 Å². The van der Waals surface area contributed by atoms with Crippen LogP contribution in [0.3, 0.4) is 0 Å². The minimum Gasteiger partial charge on any atom is -0.463 e. The lowest BCUT2D eigenvalue weighted by molar-refractivity contribution is -0.113. The van der Waals surface area contributed by atoms with E-state index in [1.165, 1.54) is 30.0 Å². The minimum absolute atomic E-state index is 0.0446. The topological polar surface area (TPSA) is 72.4 Å². The van der Waals surface area contributed by atoms with Crippen LogP contribution in [0.4, 0.5) is 10.1 Å². The molecule has 0 spiro atoms. The number of halogens is 2. The zero-order valence-corrected chi connectivity index (χ0v) is 14.1. The van der Waals surface area contributed by atoms with Crippen molar-refractivity contribution >= 4 is 51.6 Å². The Labute approximate surface area is 150 Å². The van der Waals surface area contributed by atoms with Crippen LogP contribution < -0.4 is 5.32 Å². The number of amides is 1. The molecule has 4 aromatic rings. The van der Waals surface area contributed by atoms with E-state index in [2.05, 4.69) is 15.5 Å². The molecular weight excluding hydrogens is 367 g/mol. The molecule has 0 bridgehead atoms. The van der Waals surface area contributed by atoms with Gasteiger partial charge in [-0.3, -0.25) is 9.20 Å². The standard InChI is InChI=1S/C16H10ClFN4O2S/c17-10-5-9(1-2-11(10)18)20-15(23)7-25-16-13-6-14-12(3-4-24-14)22(13)8-19-21-16/h1-6,8H,7H2,(H,20,23). The Morgan fingerprint density at radius 2 is 2.20 bits per heavy atom. The minimum atomic E-state index is -0.534. The smallest absolute Gasteiger partial charge is 0.234 e. The van der Waals surface area contributed by atoms with Crippen LogP contribution in [0, 0.1) is 5.82 Å². The van der Waals surface area contributed by atoms with Gasteiger partial charge in [-0.15, -0.1) is 10.2 Å². The maximum Gasteiger partial charge on any atom is 0.234 e. The van der Waals surface area contributed by atoms with Crippen LogP contribution in [0.1, 0.15) is 0 Å². The van der Waals surface area contributed by atoms with Gasteiger partial charge in [0, 0.05) is 17.8 Å². The molecule has 0 aliphatic rings. The largest absolute Gasteiger partial charge is 0.463 e. The van der Waals surface area contributed by atoms with E-state index < -0.39 is 5.82 Å². The number of benzene rings is 1. The highest BCUT2D eigenvalue weighted by molar-refractivity contribution is 8.00. The van der Waals surface area contributed by atoms with Crippen LogP contribution in [-0.4, -0.2) is 26.3 Å². The lowest BCUT2D eigenvalue weighted by Crippen LogP contribution is -2.14. The first-order valence-electron chi connectivity index (χ1n) is 7.19. The molecule has 6 nitrogen and oxygen atoms in total. The van der Waals surface area contributed by atoms with Gasteiger partial charge in [-0.25, -0.2) is 4.39 Å². The van der Waals surface area contributed by atoms with Gasteiger partial charge in [-0.05, 0) is 18.2 Å². The average molecular weight is 377 g/mol. The fourth-order valence-corrected chi connectivity index (χ4v) is 3.35. The Hall–Kier alpha value is -2.58. The van der Waals surface area contributed by atoms with E-state index in [1.54, 1.807) is 12.6 Å². The van der Waals surface area contributed by atoms with E-state index in [0.29, 0.717) is 10.7 Å². The maximum atomic E-state index is 13.1. The Balaban J connectivity index is 1.50. The molecule has 0 atom stereocenters. The number of furan rings is 1. The molecule has 3 aromatic heterocycles. The Kier molecular flexibility index (Phi) is 4.06. The molecule has 0 saturated carbocycles. The number of aromatic nitrogens is 3. The fourth-order valence-electron chi connectivity index (χ4n) is 2.42. The number of thioether (sulfide) groups is 1. The van der Waals surface area contributed by atoms with Crippen LogP contribution in [0.2, 0.25) is 5.02 Å². The third kappa shape index (κ3) is 3.06. The number of carbonyl (C=O) groups is 1. The first kappa shape index (κ1) is 15.9. The molecule has 0 aliphatic carbocycles. The molecule has 0 fully saturated rings. The molecule has 126 valence electrons. The summed E-state index contributed by atoms with van der Waals surface area (Å²) in [5.74, 6) is -0.670. The Morgan fingerprint density at radius 1 is 1.32 bits per heavy atom. The van der Waals surface area contributed by atoms with Gasteiger partial charge in [-0.2, -0.15) is 0 Å². The molecule has 0 aliphatic heterocycles. The van der Waals surface area contributed by atoms with Crippen LogP contribution in [0.15, 0.2) is 52.4 Å². The van der Waals surface area contributed by atoms with Gasteiger partial charge in [-0.1, -0.05) is 23.4 Å². The molecular formula is C16H10ClFN4O2S. The molecule has 4 rings (SSSR count). The summed E-state index contributed by atoms with van der Waals surface area (Å²) in [6.07, 6.45) is 3.20. The molecule has 25 heavy (non-hydrogen) atoms. The van der Waals surface area contributed by atoms with Crippen molar-refractivity contribution in [2.75, 3.05) is 11.1 Å². The number of fused-ring (bicyclic) bond motifs is 3. The summed E-state index contributed by atoms with van der Waals surface area (Å²) < 4.78 is 20.4. The fraction of sp³-hybridized carbons (Fsp3) is 0.0625. The van der Waals surface area contributed by atoms with E-state index in [1.807, 2.05) is 16.5 Å². The summed E-state index contributed by atoms with van der Waals surface area (Å²) >= 11 is 6.95. The number of hydrogen-bond donors (Lipinski definition) is 1. The van der Waals surface area contributed by atoms with Gasteiger partial charge in [0.25, 0.3) is 0 Å². The molecule has 0 saturated heterocycles. The number of hydrogen-bond acceptors (Lipinski definition) is 5. The molecule has 0 unspecified atom stereocenters. The molecule has 1 N–H and O–H groups in total. The lowest BCUT2D eigenvalue weighted by atomic mass is 10.3. The van der Waals surface area contributed by atoms with Crippen LogP contribution >= 0.6 is 23.4 Å². The van der Waals surface area contributed by atoms with Crippen molar-refractivity contribution in [2.24, 2.45) is 0 Å². The number of rotatable bonds is 4.